The number of nitrogens with two attached hydrogens (primary N) is 1. The molecule has 14 heteroatoms. The maximum atomic E-state index is 13.6. The number of pyridine rings is 1. The van der Waals surface area contributed by atoms with Crippen LogP contribution >= 0.6 is 11.8 Å². The summed E-state index contributed by atoms with van der Waals surface area (Å²) >= 11 is 1.44. The Bertz CT molecular complexity index is 1490. The van der Waals surface area contributed by atoms with Gasteiger partial charge < -0.3 is 36.4 Å². The highest BCUT2D eigenvalue weighted by atomic mass is 32.2. The number of aromatic nitrogens is 1. The van der Waals surface area contributed by atoms with Crippen molar-refractivity contribution in [2.75, 3.05) is 5.75 Å². The number of amides is 2. The number of aliphatic carboxylic acids is 2. The van der Waals surface area contributed by atoms with Crippen LogP contribution in [0.5, 0.6) is 0 Å². The number of thioether (sulfide) groups is 1. The summed E-state index contributed by atoms with van der Waals surface area (Å²) in [4.78, 5) is 66.4. The smallest absolute Gasteiger partial charge is 0.353 e. The van der Waals surface area contributed by atoms with Gasteiger partial charge in [0, 0.05) is 24.6 Å². The molecule has 0 aromatic carbocycles. The van der Waals surface area contributed by atoms with E-state index in [1.165, 1.54) is 17.3 Å². The van der Waals surface area contributed by atoms with Gasteiger partial charge in [0.05, 0.1) is 4.75 Å². The van der Waals surface area contributed by atoms with E-state index in [0.29, 0.717) is 12.2 Å². The number of rotatable bonds is 15. The topological polar surface area (TPSA) is 218 Å². The highest BCUT2D eigenvalue weighted by Gasteiger charge is 2.61. The van der Waals surface area contributed by atoms with Crippen LogP contribution in [0.25, 0.3) is 0 Å². The molecule has 0 saturated heterocycles. The Labute approximate surface area is 283 Å². The lowest BCUT2D eigenvalue weighted by atomic mass is 9.61. The normalized spacial score (nSPS) is 26.1. The van der Waals surface area contributed by atoms with Gasteiger partial charge >= 0.3 is 17.9 Å². The van der Waals surface area contributed by atoms with Crippen LogP contribution in [-0.2, 0) is 35.1 Å². The number of nitrogens with one attached hydrogen (secondary N) is 2. The molecule has 1 fully saturated rings. The molecule has 4 aliphatic rings. The number of carbonyl (C=O) groups is 5. The van der Waals surface area contributed by atoms with Crippen molar-refractivity contribution in [3.05, 3.63) is 53.1 Å². The maximum Gasteiger partial charge on any atom is 0.353 e. The number of hydrogen-bond donors (Lipinski definition) is 6. The molecule has 3 aliphatic carbocycles. The van der Waals surface area contributed by atoms with Gasteiger partial charge in [-0.25, -0.2) is 4.79 Å². The van der Waals surface area contributed by atoms with Crippen LogP contribution < -0.4 is 16.4 Å². The zero-order chi connectivity index (χ0) is 34.6. The predicted molar refractivity (Wildman–Crippen MR) is 175 cm³/mol. The second kappa shape index (κ2) is 14.8. The van der Waals surface area contributed by atoms with Crippen molar-refractivity contribution in [1.29, 1.82) is 0 Å². The van der Waals surface area contributed by atoms with E-state index in [1.54, 1.807) is 12.4 Å². The minimum Gasteiger partial charge on any atom is -0.480 e. The summed E-state index contributed by atoms with van der Waals surface area (Å²) in [5.74, 6) is -4.49. The summed E-state index contributed by atoms with van der Waals surface area (Å²) in [6, 6.07) is 1.39. The Morgan fingerprint density at radius 1 is 1.10 bits per heavy atom. The number of esters is 1. The van der Waals surface area contributed by atoms with E-state index in [0.717, 1.165) is 62.5 Å². The van der Waals surface area contributed by atoms with E-state index in [2.05, 4.69) is 17.2 Å². The molecule has 0 spiro atoms. The SMILES string of the molecule is CCC1([C@@]2(SC[C@H](NC(=O)CC[C@H](N)C(=O)O)C(=O)N[C@@H](O)C(=O)O)CC[C@@H]3CC(Cc4ccncc4)=C[C@@H]4C(=O)OC2=C34)CCCC1. The summed E-state index contributed by atoms with van der Waals surface area (Å²) in [7, 11) is 0. The zero-order valence-electron chi connectivity index (χ0n) is 27.0. The van der Waals surface area contributed by atoms with Gasteiger partial charge in [0.1, 0.15) is 23.8 Å². The first-order valence-corrected chi connectivity index (χ1v) is 17.6. The lowest BCUT2D eigenvalue weighted by Gasteiger charge is -2.52. The quantitative estimate of drug-likeness (QED) is 0.0892. The van der Waals surface area contributed by atoms with Crippen LogP contribution in [0.3, 0.4) is 0 Å². The van der Waals surface area contributed by atoms with Gasteiger partial charge in [0.2, 0.25) is 18.0 Å². The molecule has 0 bridgehead atoms. The molecule has 6 atom stereocenters. The first-order chi connectivity index (χ1) is 22.9. The number of nitrogens with zero attached hydrogens (tertiary/aromatic N) is 1. The molecule has 0 unspecified atom stereocenters. The fraction of sp³-hybridized carbons (Fsp3) is 0.588. The van der Waals surface area contributed by atoms with Gasteiger partial charge in [0.25, 0.3) is 0 Å². The van der Waals surface area contributed by atoms with Gasteiger partial charge in [-0.1, -0.05) is 31.4 Å². The second-order valence-electron chi connectivity index (χ2n) is 13.3. The zero-order valence-corrected chi connectivity index (χ0v) is 27.8. The minimum atomic E-state index is -2.19. The summed E-state index contributed by atoms with van der Waals surface area (Å²) in [6.07, 6.45) is 10.6. The number of carboxylic acid groups (broad SMARTS) is 2. The predicted octanol–water partition coefficient (Wildman–Crippen LogP) is 2.43. The van der Waals surface area contributed by atoms with Gasteiger partial charge in [-0.2, -0.15) is 0 Å². The molecule has 260 valence electrons. The highest BCUT2D eigenvalue weighted by molar-refractivity contribution is 8.01. The fourth-order valence-corrected chi connectivity index (χ4v) is 9.94. The second-order valence-corrected chi connectivity index (χ2v) is 14.6. The first-order valence-electron chi connectivity index (χ1n) is 16.6. The van der Waals surface area contributed by atoms with Crippen LogP contribution in [0, 0.1) is 17.3 Å². The molecule has 1 aromatic rings. The molecule has 7 N–H and O–H groups in total. The summed E-state index contributed by atoms with van der Waals surface area (Å²) < 4.78 is 5.59. The molecule has 1 saturated carbocycles. The largest absolute Gasteiger partial charge is 0.480 e. The Morgan fingerprint density at radius 2 is 1.81 bits per heavy atom. The average molecular weight is 685 g/mol. The van der Waals surface area contributed by atoms with Gasteiger partial charge in [0.15, 0.2) is 0 Å². The van der Waals surface area contributed by atoms with Gasteiger partial charge in [-0.3, -0.25) is 24.2 Å². The number of hydrogen-bond acceptors (Lipinski definition) is 10. The van der Waals surface area contributed by atoms with Crippen LogP contribution in [0.2, 0.25) is 0 Å². The highest BCUT2D eigenvalue weighted by Crippen LogP contribution is 2.66. The number of carbonyl (C=O) groups excluding carboxylic acids is 3. The van der Waals surface area contributed by atoms with Crippen molar-refractivity contribution < 1.29 is 44.0 Å². The van der Waals surface area contributed by atoms with Crippen molar-refractivity contribution >= 4 is 41.5 Å². The number of aliphatic hydroxyl groups is 1. The van der Waals surface area contributed by atoms with E-state index in [1.807, 2.05) is 23.5 Å². The average Bonchev–Trinajstić information content (AvgIpc) is 3.69. The number of allylic oxidation sites excluding steroid dienone is 1. The molecule has 1 aromatic heterocycles. The minimum absolute atomic E-state index is 0.0105. The Morgan fingerprint density at radius 3 is 2.46 bits per heavy atom. The molecule has 48 heavy (non-hydrogen) atoms. The number of ether oxygens (including phenoxy) is 1. The van der Waals surface area contributed by atoms with E-state index in [4.69, 9.17) is 15.6 Å². The summed E-state index contributed by atoms with van der Waals surface area (Å²) in [5, 5.41) is 32.8. The molecule has 0 radical (unpaired) electrons. The third kappa shape index (κ3) is 7.15. The Balaban J connectivity index is 1.46. The van der Waals surface area contributed by atoms with E-state index >= 15 is 0 Å². The lowest BCUT2D eigenvalue weighted by Crippen LogP contribution is -2.55. The summed E-state index contributed by atoms with van der Waals surface area (Å²) in [5.41, 5.74) is 8.62. The molecule has 5 rings (SSSR count). The van der Waals surface area contributed by atoms with Crippen molar-refractivity contribution in [2.24, 2.45) is 23.0 Å². The van der Waals surface area contributed by atoms with Crippen LogP contribution in [0.1, 0.15) is 76.7 Å². The van der Waals surface area contributed by atoms with Crippen LogP contribution in [0.15, 0.2) is 47.5 Å². The Hall–Kier alpha value is -3.75. The molecule has 1 aliphatic heterocycles. The third-order valence-electron chi connectivity index (χ3n) is 10.6. The van der Waals surface area contributed by atoms with E-state index in [-0.39, 0.29) is 35.9 Å². The van der Waals surface area contributed by atoms with Gasteiger partial charge in [-0.05, 0) is 86.0 Å². The summed E-state index contributed by atoms with van der Waals surface area (Å²) in [6.45, 7) is 2.13. The number of carboxylic acids is 2. The van der Waals surface area contributed by atoms with Crippen LogP contribution in [0.4, 0.5) is 0 Å². The van der Waals surface area contributed by atoms with Crippen molar-refractivity contribution in [2.45, 2.75) is 101 Å². The number of aliphatic hydroxyl groups excluding tert-OH is 1. The molecular formula is C34H44N4O9S. The first kappa shape index (κ1) is 35.6. The van der Waals surface area contributed by atoms with Gasteiger partial charge in [-0.15, -0.1) is 11.8 Å². The molecular weight excluding hydrogens is 640 g/mol. The molecule has 13 nitrogen and oxygen atoms in total. The fourth-order valence-electron chi connectivity index (χ4n) is 8.05. The monoisotopic (exact) mass is 684 g/mol. The Kier molecular flexibility index (Phi) is 11.0. The van der Waals surface area contributed by atoms with E-state index in [9.17, 15) is 34.2 Å². The van der Waals surface area contributed by atoms with Crippen molar-refractivity contribution in [3.8, 4) is 0 Å². The standard InChI is InChI=1S/C34H44N4O9S/c1-2-33(10-3-4-11-33)34(48-18-24(28(40)38-29(41)31(44)45)37-25(39)6-5-23(35)30(42)43)12-7-21-16-20(15-19-8-13-36-14-9-19)17-22-26(21)27(34)47-32(22)46/h8-9,13-14,17,21-24,29,41H,2-7,10-12,15-16,18,35H2,1H3,(H,37,39)(H,38,40)(H,42,43)(H,44,45)/t21-,22+,23+,24+,29+,34-/m1/s1. The van der Waals surface area contributed by atoms with Crippen molar-refractivity contribution in [1.82, 2.24) is 15.6 Å². The molecule has 2 amide bonds. The third-order valence-corrected chi connectivity index (χ3v) is 12.4. The lowest BCUT2D eigenvalue weighted by molar-refractivity contribution is -0.151. The van der Waals surface area contributed by atoms with E-state index < -0.39 is 52.7 Å². The molecule has 2 heterocycles. The van der Waals surface area contributed by atoms with Crippen molar-refractivity contribution in [3.63, 3.8) is 0 Å². The van der Waals surface area contributed by atoms with Crippen LogP contribution in [-0.4, -0.2) is 78.8 Å². The maximum absolute atomic E-state index is 13.6.